The van der Waals surface area contributed by atoms with Gasteiger partial charge >= 0.3 is 0 Å². The zero-order valence-electron chi connectivity index (χ0n) is 11.6. The monoisotopic (exact) mass is 266 g/mol. The molecule has 19 heavy (non-hydrogen) atoms. The third kappa shape index (κ3) is 3.36. The van der Waals surface area contributed by atoms with Gasteiger partial charge in [0.2, 0.25) is 0 Å². The van der Waals surface area contributed by atoms with Gasteiger partial charge in [0.25, 0.3) is 5.91 Å². The SMILES string of the molecule is COCC1(CNC(=O)c2ccoc2C)CCNCC1. The molecule has 0 radical (unpaired) electrons. The Kier molecular flexibility index (Phi) is 4.61. The summed E-state index contributed by atoms with van der Waals surface area (Å²) in [5, 5.41) is 6.35. The smallest absolute Gasteiger partial charge is 0.254 e. The Hall–Kier alpha value is -1.33. The van der Waals surface area contributed by atoms with Gasteiger partial charge in [-0.25, -0.2) is 0 Å². The van der Waals surface area contributed by atoms with E-state index in [1.807, 2.05) is 0 Å². The molecule has 1 saturated heterocycles. The third-order valence-electron chi connectivity index (χ3n) is 3.84. The lowest BCUT2D eigenvalue weighted by molar-refractivity contribution is 0.0511. The van der Waals surface area contributed by atoms with Crippen LogP contribution in [-0.2, 0) is 4.74 Å². The highest BCUT2D eigenvalue weighted by atomic mass is 16.5. The van der Waals surface area contributed by atoms with Crippen molar-refractivity contribution in [3.8, 4) is 0 Å². The molecule has 0 atom stereocenters. The number of aryl methyl sites for hydroxylation is 1. The number of methoxy groups -OCH3 is 1. The van der Waals surface area contributed by atoms with Gasteiger partial charge in [-0.1, -0.05) is 0 Å². The van der Waals surface area contributed by atoms with Crippen LogP contribution in [0.4, 0.5) is 0 Å². The standard InChI is InChI=1S/C14H22N2O3/c1-11-12(3-8-19-11)13(17)16-9-14(10-18-2)4-6-15-7-5-14/h3,8,15H,4-7,9-10H2,1-2H3,(H,16,17). The molecule has 1 fully saturated rings. The van der Waals surface area contributed by atoms with Crippen LogP contribution in [0.25, 0.3) is 0 Å². The van der Waals surface area contributed by atoms with Crippen molar-refractivity contribution in [2.75, 3.05) is 33.4 Å². The van der Waals surface area contributed by atoms with Gasteiger partial charge in [-0.05, 0) is 38.9 Å². The molecule has 2 rings (SSSR count). The maximum atomic E-state index is 12.1. The van der Waals surface area contributed by atoms with Crippen LogP contribution < -0.4 is 10.6 Å². The molecule has 2 heterocycles. The van der Waals surface area contributed by atoms with Crippen LogP contribution in [0.5, 0.6) is 0 Å². The molecule has 1 aliphatic rings. The van der Waals surface area contributed by atoms with E-state index in [9.17, 15) is 4.79 Å². The fraction of sp³-hybridized carbons (Fsp3) is 0.643. The van der Waals surface area contributed by atoms with E-state index in [0.29, 0.717) is 24.5 Å². The first kappa shape index (κ1) is 14.1. The molecule has 2 N–H and O–H groups in total. The van der Waals surface area contributed by atoms with Crippen LogP contribution in [0, 0.1) is 12.3 Å². The second-order valence-corrected chi connectivity index (χ2v) is 5.26. The Labute approximate surface area is 113 Å². The number of hydrogen-bond donors (Lipinski definition) is 2. The van der Waals surface area contributed by atoms with Crippen molar-refractivity contribution < 1.29 is 13.9 Å². The van der Waals surface area contributed by atoms with E-state index < -0.39 is 0 Å². The lowest BCUT2D eigenvalue weighted by Crippen LogP contribution is -2.47. The Morgan fingerprint density at radius 3 is 2.84 bits per heavy atom. The van der Waals surface area contributed by atoms with Crippen molar-refractivity contribution in [1.29, 1.82) is 0 Å². The minimum atomic E-state index is -0.0692. The van der Waals surface area contributed by atoms with E-state index >= 15 is 0 Å². The summed E-state index contributed by atoms with van der Waals surface area (Å²) in [6.07, 6.45) is 3.58. The number of hydrogen-bond acceptors (Lipinski definition) is 4. The van der Waals surface area contributed by atoms with Crippen LogP contribution in [-0.4, -0.2) is 39.3 Å². The molecule has 0 aliphatic carbocycles. The summed E-state index contributed by atoms with van der Waals surface area (Å²) >= 11 is 0. The van der Waals surface area contributed by atoms with Crippen molar-refractivity contribution in [3.63, 3.8) is 0 Å². The molecule has 0 bridgehead atoms. The number of amides is 1. The zero-order chi connectivity index (χ0) is 13.7. The van der Waals surface area contributed by atoms with Crippen LogP contribution in [0.3, 0.4) is 0 Å². The number of nitrogens with one attached hydrogen (secondary N) is 2. The maximum Gasteiger partial charge on any atom is 0.254 e. The first-order valence-electron chi connectivity index (χ1n) is 6.69. The van der Waals surface area contributed by atoms with E-state index in [1.54, 1.807) is 26.4 Å². The highest BCUT2D eigenvalue weighted by Gasteiger charge is 2.32. The second kappa shape index (κ2) is 6.21. The van der Waals surface area contributed by atoms with E-state index in [-0.39, 0.29) is 11.3 Å². The molecular formula is C14H22N2O3. The Morgan fingerprint density at radius 1 is 1.53 bits per heavy atom. The fourth-order valence-corrected chi connectivity index (χ4v) is 2.62. The van der Waals surface area contributed by atoms with Gasteiger partial charge in [-0.2, -0.15) is 0 Å². The molecule has 1 amide bonds. The van der Waals surface area contributed by atoms with Crippen molar-refractivity contribution in [2.45, 2.75) is 19.8 Å². The van der Waals surface area contributed by atoms with Gasteiger partial charge < -0.3 is 19.8 Å². The Bertz CT molecular complexity index is 417. The van der Waals surface area contributed by atoms with Gasteiger partial charge in [0.1, 0.15) is 5.76 Å². The molecule has 5 heteroatoms. The summed E-state index contributed by atoms with van der Waals surface area (Å²) < 4.78 is 10.5. The van der Waals surface area contributed by atoms with E-state index in [4.69, 9.17) is 9.15 Å². The van der Waals surface area contributed by atoms with Gasteiger partial charge in [0.15, 0.2) is 0 Å². The van der Waals surface area contributed by atoms with Crippen molar-refractivity contribution in [3.05, 3.63) is 23.7 Å². The van der Waals surface area contributed by atoms with Crippen LogP contribution >= 0.6 is 0 Å². The topological polar surface area (TPSA) is 63.5 Å². The molecule has 0 saturated carbocycles. The van der Waals surface area contributed by atoms with Crippen molar-refractivity contribution in [1.82, 2.24) is 10.6 Å². The van der Waals surface area contributed by atoms with E-state index in [0.717, 1.165) is 25.9 Å². The quantitative estimate of drug-likeness (QED) is 0.844. The number of ether oxygens (including phenoxy) is 1. The molecule has 0 unspecified atom stereocenters. The summed E-state index contributed by atoms with van der Waals surface area (Å²) in [5.74, 6) is 0.587. The molecule has 1 aromatic rings. The Morgan fingerprint density at radius 2 is 2.26 bits per heavy atom. The second-order valence-electron chi connectivity index (χ2n) is 5.26. The summed E-state index contributed by atoms with van der Waals surface area (Å²) in [7, 11) is 1.71. The third-order valence-corrected chi connectivity index (χ3v) is 3.84. The summed E-state index contributed by atoms with van der Waals surface area (Å²) in [5.41, 5.74) is 0.661. The van der Waals surface area contributed by atoms with Crippen molar-refractivity contribution in [2.24, 2.45) is 5.41 Å². The largest absolute Gasteiger partial charge is 0.469 e. The van der Waals surface area contributed by atoms with Crippen LogP contribution in [0.15, 0.2) is 16.7 Å². The molecule has 0 aromatic carbocycles. The number of rotatable bonds is 5. The van der Waals surface area contributed by atoms with Gasteiger partial charge in [0.05, 0.1) is 18.4 Å². The molecule has 5 nitrogen and oxygen atoms in total. The van der Waals surface area contributed by atoms with E-state index in [2.05, 4.69) is 10.6 Å². The van der Waals surface area contributed by atoms with Gasteiger partial charge in [-0.3, -0.25) is 4.79 Å². The fourth-order valence-electron chi connectivity index (χ4n) is 2.62. The first-order chi connectivity index (χ1) is 9.17. The van der Waals surface area contributed by atoms with Gasteiger partial charge in [0, 0.05) is 19.1 Å². The normalized spacial score (nSPS) is 18.2. The number of furan rings is 1. The number of carbonyl (C=O) groups excluding carboxylic acids is 1. The average molecular weight is 266 g/mol. The van der Waals surface area contributed by atoms with Crippen LogP contribution in [0.1, 0.15) is 29.0 Å². The maximum absolute atomic E-state index is 12.1. The van der Waals surface area contributed by atoms with Crippen LogP contribution in [0.2, 0.25) is 0 Å². The molecule has 1 aromatic heterocycles. The molecule has 0 spiro atoms. The minimum Gasteiger partial charge on any atom is -0.469 e. The zero-order valence-corrected chi connectivity index (χ0v) is 11.6. The summed E-state index contributed by atoms with van der Waals surface area (Å²) in [4.78, 5) is 12.1. The average Bonchev–Trinajstić information content (AvgIpc) is 2.84. The highest BCUT2D eigenvalue weighted by Crippen LogP contribution is 2.28. The number of carbonyl (C=O) groups is 1. The van der Waals surface area contributed by atoms with Gasteiger partial charge in [-0.15, -0.1) is 0 Å². The molecular weight excluding hydrogens is 244 g/mol. The lowest BCUT2D eigenvalue weighted by atomic mass is 9.79. The predicted octanol–water partition coefficient (Wildman–Crippen LogP) is 1.33. The first-order valence-corrected chi connectivity index (χ1v) is 6.69. The summed E-state index contributed by atoms with van der Waals surface area (Å²) in [6.45, 7) is 5.07. The molecule has 1 aliphatic heterocycles. The minimum absolute atomic E-state index is 0.0489. The Balaban J connectivity index is 1.95. The van der Waals surface area contributed by atoms with E-state index in [1.165, 1.54) is 0 Å². The van der Waals surface area contributed by atoms with Crippen molar-refractivity contribution >= 4 is 5.91 Å². The number of piperidine rings is 1. The predicted molar refractivity (Wildman–Crippen MR) is 72.2 cm³/mol. The lowest BCUT2D eigenvalue weighted by Gasteiger charge is -2.37. The summed E-state index contributed by atoms with van der Waals surface area (Å²) in [6, 6.07) is 1.70. The highest BCUT2D eigenvalue weighted by molar-refractivity contribution is 5.95. The molecule has 106 valence electrons.